The molecule has 0 radical (unpaired) electrons. The SMILES string of the molecule is COc1ccc2nc3n(c2c1)C(CNCc1nc2ccccc2n1C)COC3. The van der Waals surface area contributed by atoms with Crippen LogP contribution in [0.4, 0.5) is 0 Å². The summed E-state index contributed by atoms with van der Waals surface area (Å²) in [6.07, 6.45) is 0. The van der Waals surface area contributed by atoms with Crippen LogP contribution in [0.25, 0.3) is 22.1 Å². The van der Waals surface area contributed by atoms with Crippen LogP contribution in [0.1, 0.15) is 17.7 Å². The molecule has 28 heavy (non-hydrogen) atoms. The third-order valence-electron chi connectivity index (χ3n) is 5.42. The van der Waals surface area contributed by atoms with Crippen molar-refractivity contribution in [2.75, 3.05) is 20.3 Å². The molecule has 1 atom stereocenters. The summed E-state index contributed by atoms with van der Waals surface area (Å²) in [6.45, 7) is 2.68. The van der Waals surface area contributed by atoms with Gasteiger partial charge in [0.25, 0.3) is 0 Å². The number of aryl methyl sites for hydroxylation is 1. The maximum atomic E-state index is 5.79. The second kappa shape index (κ2) is 6.92. The quantitative estimate of drug-likeness (QED) is 0.579. The molecule has 2 aromatic heterocycles. The number of imidazole rings is 2. The van der Waals surface area contributed by atoms with E-state index in [9.17, 15) is 0 Å². The number of methoxy groups -OCH3 is 1. The summed E-state index contributed by atoms with van der Waals surface area (Å²) in [6, 6.07) is 14.4. The van der Waals surface area contributed by atoms with Crippen LogP contribution in [0.2, 0.25) is 0 Å². The average molecular weight is 377 g/mol. The number of hydrogen-bond acceptors (Lipinski definition) is 5. The molecule has 1 N–H and O–H groups in total. The van der Waals surface area contributed by atoms with Crippen molar-refractivity contribution >= 4 is 22.1 Å². The maximum Gasteiger partial charge on any atom is 0.136 e. The first-order chi connectivity index (χ1) is 13.7. The van der Waals surface area contributed by atoms with E-state index < -0.39 is 0 Å². The van der Waals surface area contributed by atoms with Gasteiger partial charge in [-0.2, -0.15) is 0 Å². The van der Waals surface area contributed by atoms with Crippen LogP contribution in [-0.2, 0) is 24.9 Å². The fourth-order valence-electron chi connectivity index (χ4n) is 3.97. The lowest BCUT2D eigenvalue weighted by Gasteiger charge is -2.26. The van der Waals surface area contributed by atoms with E-state index in [4.69, 9.17) is 19.4 Å². The molecule has 3 heterocycles. The topological polar surface area (TPSA) is 66.1 Å². The Balaban J connectivity index is 1.37. The average Bonchev–Trinajstić information content (AvgIpc) is 3.26. The van der Waals surface area contributed by atoms with Crippen LogP contribution >= 0.6 is 0 Å². The summed E-state index contributed by atoms with van der Waals surface area (Å²) in [5.74, 6) is 2.83. The van der Waals surface area contributed by atoms with Crippen molar-refractivity contribution in [1.82, 2.24) is 24.4 Å². The van der Waals surface area contributed by atoms with Crippen molar-refractivity contribution in [2.45, 2.75) is 19.2 Å². The Morgan fingerprint density at radius 1 is 1.14 bits per heavy atom. The summed E-state index contributed by atoms with van der Waals surface area (Å²) >= 11 is 0. The molecule has 1 aliphatic heterocycles. The van der Waals surface area contributed by atoms with E-state index in [-0.39, 0.29) is 6.04 Å². The minimum atomic E-state index is 0.176. The van der Waals surface area contributed by atoms with Gasteiger partial charge in [0, 0.05) is 19.7 Å². The Morgan fingerprint density at radius 2 is 2.00 bits per heavy atom. The zero-order chi connectivity index (χ0) is 19.1. The maximum absolute atomic E-state index is 5.79. The number of benzene rings is 2. The van der Waals surface area contributed by atoms with E-state index in [1.54, 1.807) is 7.11 Å². The highest BCUT2D eigenvalue weighted by molar-refractivity contribution is 5.78. The highest BCUT2D eigenvalue weighted by Crippen LogP contribution is 2.28. The van der Waals surface area contributed by atoms with Crippen LogP contribution in [0, 0.1) is 0 Å². The van der Waals surface area contributed by atoms with Gasteiger partial charge in [-0.05, 0) is 24.3 Å². The first kappa shape index (κ1) is 17.2. The molecule has 5 rings (SSSR count). The summed E-state index contributed by atoms with van der Waals surface area (Å²) in [5, 5.41) is 3.55. The minimum absolute atomic E-state index is 0.176. The van der Waals surface area contributed by atoms with Crippen LogP contribution in [0.15, 0.2) is 42.5 Å². The lowest BCUT2D eigenvalue weighted by Crippen LogP contribution is -2.33. The van der Waals surface area contributed by atoms with Gasteiger partial charge in [0.05, 0.1) is 48.4 Å². The van der Waals surface area contributed by atoms with Crippen molar-refractivity contribution < 1.29 is 9.47 Å². The first-order valence-electron chi connectivity index (χ1n) is 9.48. The third kappa shape index (κ3) is 2.83. The van der Waals surface area contributed by atoms with Crippen LogP contribution in [0.3, 0.4) is 0 Å². The zero-order valence-electron chi connectivity index (χ0n) is 16.1. The Labute approximate surface area is 162 Å². The monoisotopic (exact) mass is 377 g/mol. The molecule has 7 nitrogen and oxygen atoms in total. The third-order valence-corrected chi connectivity index (χ3v) is 5.42. The van der Waals surface area contributed by atoms with E-state index in [1.807, 2.05) is 30.3 Å². The zero-order valence-corrected chi connectivity index (χ0v) is 16.1. The van der Waals surface area contributed by atoms with Crippen LogP contribution < -0.4 is 10.1 Å². The molecule has 7 heteroatoms. The first-order valence-corrected chi connectivity index (χ1v) is 9.48. The predicted octanol–water partition coefficient (Wildman–Crippen LogP) is 2.79. The molecule has 0 fully saturated rings. The van der Waals surface area contributed by atoms with E-state index in [0.29, 0.717) is 19.8 Å². The number of aromatic nitrogens is 4. The molecular formula is C21H23N5O2. The van der Waals surface area contributed by atoms with E-state index >= 15 is 0 Å². The lowest BCUT2D eigenvalue weighted by atomic mass is 10.2. The van der Waals surface area contributed by atoms with Gasteiger partial charge in [-0.3, -0.25) is 0 Å². The molecule has 0 saturated carbocycles. The number of para-hydroxylation sites is 2. The van der Waals surface area contributed by atoms with Crippen molar-refractivity contribution in [3.8, 4) is 5.75 Å². The van der Waals surface area contributed by atoms with Gasteiger partial charge < -0.3 is 23.9 Å². The van der Waals surface area contributed by atoms with Gasteiger partial charge in [-0.1, -0.05) is 12.1 Å². The van der Waals surface area contributed by atoms with Crippen molar-refractivity contribution in [3.63, 3.8) is 0 Å². The molecule has 2 aromatic carbocycles. The number of ether oxygens (including phenoxy) is 2. The van der Waals surface area contributed by atoms with Gasteiger partial charge in [0.1, 0.15) is 24.0 Å². The molecule has 1 unspecified atom stereocenters. The van der Waals surface area contributed by atoms with E-state index in [1.165, 1.54) is 0 Å². The minimum Gasteiger partial charge on any atom is -0.497 e. The summed E-state index contributed by atoms with van der Waals surface area (Å²) < 4.78 is 15.6. The number of hydrogen-bond donors (Lipinski definition) is 1. The van der Waals surface area contributed by atoms with Crippen molar-refractivity contribution in [2.24, 2.45) is 7.05 Å². The normalized spacial score (nSPS) is 16.6. The van der Waals surface area contributed by atoms with Gasteiger partial charge in [-0.15, -0.1) is 0 Å². The van der Waals surface area contributed by atoms with Crippen LogP contribution in [0.5, 0.6) is 5.75 Å². The fourth-order valence-corrected chi connectivity index (χ4v) is 3.97. The van der Waals surface area contributed by atoms with Gasteiger partial charge in [0.15, 0.2) is 0 Å². The second-order valence-corrected chi connectivity index (χ2v) is 7.13. The lowest BCUT2D eigenvalue weighted by molar-refractivity contribution is 0.0563. The number of nitrogens with one attached hydrogen (secondary N) is 1. The molecule has 4 aromatic rings. The molecule has 144 valence electrons. The van der Waals surface area contributed by atoms with Crippen molar-refractivity contribution in [1.29, 1.82) is 0 Å². The number of fused-ring (bicyclic) bond motifs is 4. The molecule has 1 aliphatic rings. The molecule has 0 bridgehead atoms. The Hall–Kier alpha value is -2.90. The molecule has 0 amide bonds. The number of rotatable bonds is 5. The van der Waals surface area contributed by atoms with Crippen molar-refractivity contribution in [3.05, 3.63) is 54.1 Å². The largest absolute Gasteiger partial charge is 0.497 e. The van der Waals surface area contributed by atoms with E-state index in [2.05, 4.69) is 33.6 Å². The molecule has 0 aliphatic carbocycles. The highest BCUT2D eigenvalue weighted by atomic mass is 16.5. The smallest absolute Gasteiger partial charge is 0.136 e. The molecule has 0 saturated heterocycles. The molecule has 0 spiro atoms. The summed E-state index contributed by atoms with van der Waals surface area (Å²) in [4.78, 5) is 9.46. The summed E-state index contributed by atoms with van der Waals surface area (Å²) in [7, 11) is 3.75. The summed E-state index contributed by atoms with van der Waals surface area (Å²) in [5.41, 5.74) is 4.24. The highest BCUT2D eigenvalue weighted by Gasteiger charge is 2.24. The second-order valence-electron chi connectivity index (χ2n) is 7.13. The van der Waals surface area contributed by atoms with Gasteiger partial charge in [-0.25, -0.2) is 9.97 Å². The fraction of sp³-hybridized carbons (Fsp3) is 0.333. The standard InChI is InChI=1S/C21H23N5O2/c1-25-18-6-4-3-5-16(18)23-20(25)11-22-10-14-12-28-13-21-24-17-8-7-15(27-2)9-19(17)26(14)21/h3-9,14,22H,10-13H2,1-2H3. The number of nitrogens with zero attached hydrogens (tertiary/aromatic N) is 4. The predicted molar refractivity (Wildman–Crippen MR) is 107 cm³/mol. The van der Waals surface area contributed by atoms with Gasteiger partial charge in [0.2, 0.25) is 0 Å². The van der Waals surface area contributed by atoms with Crippen LogP contribution in [-0.4, -0.2) is 39.4 Å². The molecular weight excluding hydrogens is 354 g/mol. The Bertz CT molecular complexity index is 1150. The Kier molecular flexibility index (Phi) is 4.26. The van der Waals surface area contributed by atoms with E-state index in [0.717, 1.165) is 46.0 Å². The Morgan fingerprint density at radius 3 is 2.86 bits per heavy atom. The van der Waals surface area contributed by atoms with Gasteiger partial charge >= 0.3 is 0 Å².